The van der Waals surface area contributed by atoms with E-state index in [-0.39, 0.29) is 28.2 Å². The number of rotatable bonds is 15. The van der Waals surface area contributed by atoms with Crippen molar-refractivity contribution in [3.05, 3.63) is 28.7 Å². The summed E-state index contributed by atoms with van der Waals surface area (Å²) in [7, 11) is 1.54. The van der Waals surface area contributed by atoms with E-state index in [2.05, 4.69) is 6.92 Å². The van der Waals surface area contributed by atoms with Gasteiger partial charge < -0.3 is 19.7 Å². The number of carboxylic acid groups (broad SMARTS) is 2. The lowest BCUT2D eigenvalue weighted by atomic mass is 10.1. The molecule has 0 aliphatic carbocycles. The second-order valence-electron chi connectivity index (χ2n) is 8.38. The number of amides is 1. The topological polar surface area (TPSA) is 113 Å². The Morgan fingerprint density at radius 2 is 1.86 bits per heavy atom. The molecular weight excluding hydrogens is 490 g/mol. The molecule has 1 fully saturated rings. The van der Waals surface area contributed by atoms with Gasteiger partial charge in [0.05, 0.1) is 18.1 Å². The highest BCUT2D eigenvalue weighted by atomic mass is 32.2. The maximum absolute atomic E-state index is 12.9. The smallest absolute Gasteiger partial charge is 0.326 e. The van der Waals surface area contributed by atoms with E-state index in [1.165, 1.54) is 25.7 Å². The third kappa shape index (κ3) is 8.54. The summed E-state index contributed by atoms with van der Waals surface area (Å²) in [6.45, 7) is 4.22. The number of methoxy groups -OCH3 is 1. The number of carboxylic acids is 2. The molecule has 1 aromatic rings. The summed E-state index contributed by atoms with van der Waals surface area (Å²) in [4.78, 5) is 36.7. The molecule has 2 unspecified atom stereocenters. The van der Waals surface area contributed by atoms with Crippen molar-refractivity contribution in [1.82, 2.24) is 4.90 Å². The summed E-state index contributed by atoms with van der Waals surface area (Å²) in [5, 5.41) is 18.4. The van der Waals surface area contributed by atoms with Crippen molar-refractivity contribution >= 4 is 52.2 Å². The zero-order chi connectivity index (χ0) is 26.0. The monoisotopic (exact) mass is 523 g/mol. The number of carbonyl (C=O) groups is 3. The van der Waals surface area contributed by atoms with Crippen molar-refractivity contribution in [3.8, 4) is 11.5 Å². The minimum atomic E-state index is -1.33. The van der Waals surface area contributed by atoms with E-state index in [1.807, 2.05) is 6.92 Å². The van der Waals surface area contributed by atoms with Gasteiger partial charge >= 0.3 is 11.9 Å². The average Bonchev–Trinajstić information content (AvgIpc) is 3.07. The highest BCUT2D eigenvalue weighted by Gasteiger charge is 2.40. The zero-order valence-electron chi connectivity index (χ0n) is 20.3. The van der Waals surface area contributed by atoms with Crippen LogP contribution in [-0.2, 0) is 14.4 Å². The Morgan fingerprint density at radius 3 is 2.49 bits per heavy atom. The van der Waals surface area contributed by atoms with Gasteiger partial charge in [0.1, 0.15) is 10.4 Å². The van der Waals surface area contributed by atoms with Crippen molar-refractivity contribution < 1.29 is 34.1 Å². The Morgan fingerprint density at radius 1 is 1.14 bits per heavy atom. The Labute approximate surface area is 215 Å². The number of aliphatic carboxylic acids is 2. The van der Waals surface area contributed by atoms with Gasteiger partial charge in [-0.15, -0.1) is 0 Å². The molecule has 1 heterocycles. The fourth-order valence-electron chi connectivity index (χ4n) is 3.71. The molecule has 2 N–H and O–H groups in total. The molecule has 1 amide bonds. The highest BCUT2D eigenvalue weighted by molar-refractivity contribution is 8.26. The number of thiocarbonyl (C=S) groups is 1. The second-order valence-corrected chi connectivity index (χ2v) is 10.1. The lowest BCUT2D eigenvalue weighted by Crippen LogP contribution is -2.44. The van der Waals surface area contributed by atoms with Crippen LogP contribution in [0.3, 0.4) is 0 Å². The summed E-state index contributed by atoms with van der Waals surface area (Å²) in [6, 6.07) is 3.98. The standard InChI is InChI=1S/C25H33NO7S2/c1-4-5-6-7-8-9-16(2)33-19-12-10-17(14-20(19)32-3)15-21-23(29)26(25(34)35-21)18(24(30)31)11-13-22(27)28/h10,12,14-16,18H,4-9,11,13H2,1-3H3,(H,27,28)(H,30,31)/b21-15+. The first kappa shape index (κ1) is 28.6. The van der Waals surface area contributed by atoms with Crippen LogP contribution in [0.15, 0.2) is 23.1 Å². The minimum absolute atomic E-state index is 0.0337. The Balaban J connectivity index is 2.11. The van der Waals surface area contributed by atoms with Crippen LogP contribution < -0.4 is 9.47 Å². The lowest BCUT2D eigenvalue weighted by Gasteiger charge is -2.22. The zero-order valence-corrected chi connectivity index (χ0v) is 22.0. The van der Waals surface area contributed by atoms with E-state index in [0.29, 0.717) is 17.1 Å². The fourth-order valence-corrected chi connectivity index (χ4v) is 5.06. The summed E-state index contributed by atoms with van der Waals surface area (Å²) < 4.78 is 11.6. The largest absolute Gasteiger partial charge is 0.493 e. The predicted octanol–water partition coefficient (Wildman–Crippen LogP) is 5.34. The first-order valence-electron chi connectivity index (χ1n) is 11.7. The molecule has 1 aliphatic heterocycles. The van der Waals surface area contributed by atoms with E-state index >= 15 is 0 Å². The molecular formula is C25H33NO7S2. The molecule has 1 saturated heterocycles. The SMILES string of the molecule is CCCCCCCC(C)Oc1ccc(/C=C2/SC(=S)N(C(CCC(=O)O)C(=O)O)C2=O)cc1OC. The molecule has 2 atom stereocenters. The van der Waals surface area contributed by atoms with Crippen molar-refractivity contribution in [2.75, 3.05) is 7.11 Å². The van der Waals surface area contributed by atoms with Crippen molar-refractivity contribution in [3.63, 3.8) is 0 Å². The molecule has 1 aromatic carbocycles. The molecule has 1 aliphatic rings. The number of ether oxygens (including phenoxy) is 2. The van der Waals surface area contributed by atoms with Gasteiger partial charge in [-0.1, -0.05) is 62.7 Å². The summed E-state index contributed by atoms with van der Waals surface area (Å²) in [5.74, 6) is -1.87. The Hall–Kier alpha value is -2.59. The number of hydrogen-bond acceptors (Lipinski definition) is 7. The molecule has 10 heteroatoms. The number of unbranched alkanes of at least 4 members (excludes halogenated alkanes) is 4. The maximum atomic E-state index is 12.9. The number of carbonyl (C=O) groups excluding carboxylic acids is 1. The summed E-state index contributed by atoms with van der Waals surface area (Å²) in [6.07, 6.45) is 7.97. The van der Waals surface area contributed by atoms with E-state index < -0.39 is 23.9 Å². The minimum Gasteiger partial charge on any atom is -0.493 e. The van der Waals surface area contributed by atoms with Crippen LogP contribution in [0, 0.1) is 0 Å². The average molecular weight is 524 g/mol. The van der Waals surface area contributed by atoms with Crippen LogP contribution in [0.25, 0.3) is 6.08 Å². The number of benzene rings is 1. The molecule has 0 spiro atoms. The maximum Gasteiger partial charge on any atom is 0.326 e. The van der Waals surface area contributed by atoms with Crippen LogP contribution in [-0.4, -0.2) is 56.5 Å². The van der Waals surface area contributed by atoms with E-state index in [1.54, 1.807) is 31.4 Å². The quantitative estimate of drug-likeness (QED) is 0.179. The molecule has 0 saturated carbocycles. The van der Waals surface area contributed by atoms with E-state index in [4.69, 9.17) is 26.8 Å². The van der Waals surface area contributed by atoms with Crippen LogP contribution in [0.2, 0.25) is 0 Å². The molecule has 0 aromatic heterocycles. The van der Waals surface area contributed by atoms with Crippen molar-refractivity contribution in [2.24, 2.45) is 0 Å². The van der Waals surface area contributed by atoms with Crippen LogP contribution >= 0.6 is 24.0 Å². The summed E-state index contributed by atoms with van der Waals surface area (Å²) in [5.41, 5.74) is 0.666. The van der Waals surface area contributed by atoms with Crippen molar-refractivity contribution in [1.29, 1.82) is 0 Å². The van der Waals surface area contributed by atoms with Gasteiger partial charge in [-0.3, -0.25) is 14.5 Å². The van der Waals surface area contributed by atoms with E-state index in [9.17, 15) is 19.5 Å². The third-order valence-corrected chi connectivity index (χ3v) is 6.91. The van der Waals surface area contributed by atoms with E-state index in [0.717, 1.165) is 29.5 Å². The van der Waals surface area contributed by atoms with Gasteiger partial charge in [0.2, 0.25) is 0 Å². The second kappa shape index (κ2) is 14.1. The highest BCUT2D eigenvalue weighted by Crippen LogP contribution is 2.36. The molecule has 0 bridgehead atoms. The Kier molecular flexibility index (Phi) is 11.5. The molecule has 192 valence electrons. The number of hydrogen-bond donors (Lipinski definition) is 2. The molecule has 2 rings (SSSR count). The molecule has 0 radical (unpaired) electrons. The molecule has 35 heavy (non-hydrogen) atoms. The summed E-state index contributed by atoms with van der Waals surface area (Å²) >= 11 is 6.22. The lowest BCUT2D eigenvalue weighted by molar-refractivity contribution is -0.146. The van der Waals surface area contributed by atoms with Gasteiger partial charge in [0.15, 0.2) is 11.5 Å². The van der Waals surface area contributed by atoms with Crippen molar-refractivity contribution in [2.45, 2.75) is 77.4 Å². The number of nitrogens with zero attached hydrogens (tertiary/aromatic N) is 1. The first-order chi connectivity index (χ1) is 16.7. The Bertz CT molecular complexity index is 963. The van der Waals surface area contributed by atoms with Gasteiger partial charge in [-0.2, -0.15) is 0 Å². The number of thioether (sulfide) groups is 1. The van der Waals surface area contributed by atoms with Crippen LogP contribution in [0.5, 0.6) is 11.5 Å². The van der Waals surface area contributed by atoms with Crippen LogP contribution in [0.1, 0.15) is 70.8 Å². The van der Waals surface area contributed by atoms with Crippen LogP contribution in [0.4, 0.5) is 0 Å². The predicted molar refractivity (Wildman–Crippen MR) is 140 cm³/mol. The first-order valence-corrected chi connectivity index (χ1v) is 13.0. The van der Waals surface area contributed by atoms with Gasteiger partial charge in [0, 0.05) is 6.42 Å². The third-order valence-electron chi connectivity index (χ3n) is 5.58. The molecule has 8 nitrogen and oxygen atoms in total. The van der Waals surface area contributed by atoms with Gasteiger partial charge in [0.25, 0.3) is 5.91 Å². The normalized spacial score (nSPS) is 16.4. The van der Waals surface area contributed by atoms with Gasteiger partial charge in [-0.25, -0.2) is 4.79 Å². The fraction of sp³-hybridized carbons (Fsp3) is 0.520. The van der Waals surface area contributed by atoms with Gasteiger partial charge in [-0.05, 0) is 50.0 Å².